The number of nitrogen functional groups attached to an aromatic ring is 1. The Bertz CT molecular complexity index is 1240. The predicted octanol–water partition coefficient (Wildman–Crippen LogP) is 3.51. The quantitative estimate of drug-likeness (QED) is 0.197. The Kier molecular flexibility index (Phi) is 8.12. The summed E-state index contributed by atoms with van der Waals surface area (Å²) in [5.41, 5.74) is 17.2. The molecule has 0 aliphatic carbocycles. The van der Waals surface area contributed by atoms with Gasteiger partial charge in [0.1, 0.15) is 0 Å². The fourth-order valence-electron chi connectivity index (χ4n) is 3.90. The van der Waals surface area contributed by atoms with E-state index in [1.807, 2.05) is 12.1 Å². The molecule has 2 heterocycles. The van der Waals surface area contributed by atoms with Gasteiger partial charge in [0.25, 0.3) is 6.01 Å². The molecule has 0 radical (unpaired) electrons. The first-order valence-corrected chi connectivity index (χ1v) is 12.1. The molecule has 4 aromatic rings. The SMILES string of the molecule is CCCCCNc1nc(N)c2nc(O)n(Cc3ccc(CNCc4ccc(CN)cc4)cc3)c2n1. The summed E-state index contributed by atoms with van der Waals surface area (Å²) in [5, 5.41) is 17.1. The van der Waals surface area contributed by atoms with Crippen molar-refractivity contribution in [3.8, 4) is 6.01 Å². The van der Waals surface area contributed by atoms with Crippen molar-refractivity contribution in [3.05, 3.63) is 70.8 Å². The van der Waals surface area contributed by atoms with E-state index in [4.69, 9.17) is 11.5 Å². The number of benzene rings is 2. The molecule has 0 unspecified atom stereocenters. The highest BCUT2D eigenvalue weighted by Gasteiger charge is 2.16. The van der Waals surface area contributed by atoms with E-state index in [-0.39, 0.29) is 11.8 Å². The van der Waals surface area contributed by atoms with Gasteiger partial charge in [-0.25, -0.2) is 0 Å². The summed E-state index contributed by atoms with van der Waals surface area (Å²) in [5.74, 6) is 0.701. The highest BCUT2D eigenvalue weighted by molar-refractivity contribution is 5.84. The fraction of sp³-hybridized carbons (Fsp3) is 0.346. The molecule has 0 saturated heterocycles. The lowest BCUT2D eigenvalue weighted by atomic mass is 10.1. The molecule has 2 aromatic heterocycles. The number of unbranched alkanes of at least 4 members (excludes halogenated alkanes) is 2. The Labute approximate surface area is 205 Å². The largest absolute Gasteiger partial charge is 0.480 e. The van der Waals surface area contributed by atoms with Crippen molar-refractivity contribution in [2.24, 2.45) is 5.73 Å². The standard InChI is InChI=1S/C26H34N8O/c1-2-3-4-13-30-25-32-23(28)22-24(33-25)34(26(35)31-22)17-21-11-9-20(10-12-21)16-29-15-19-7-5-18(14-27)6-8-19/h5-12,29H,2-4,13-17,27H2,1H3,(H,31,35)(H3,28,30,32,33). The number of imidazole rings is 1. The second kappa shape index (κ2) is 11.6. The Morgan fingerprint density at radius 1 is 0.857 bits per heavy atom. The number of nitrogens with one attached hydrogen (secondary N) is 2. The smallest absolute Gasteiger partial charge is 0.296 e. The second-order valence-electron chi connectivity index (χ2n) is 8.68. The van der Waals surface area contributed by atoms with E-state index < -0.39 is 0 Å². The number of aromatic hydroxyl groups is 1. The molecule has 2 aromatic carbocycles. The molecule has 0 saturated carbocycles. The zero-order chi connectivity index (χ0) is 24.6. The molecule has 0 spiro atoms. The van der Waals surface area contributed by atoms with Gasteiger partial charge in [-0.1, -0.05) is 68.3 Å². The molecule has 0 bridgehead atoms. The maximum Gasteiger partial charge on any atom is 0.296 e. The summed E-state index contributed by atoms with van der Waals surface area (Å²) in [6.07, 6.45) is 3.31. The summed E-state index contributed by atoms with van der Waals surface area (Å²) in [6.45, 7) is 5.47. The van der Waals surface area contributed by atoms with Gasteiger partial charge in [-0.05, 0) is 28.7 Å². The normalized spacial score (nSPS) is 11.3. The van der Waals surface area contributed by atoms with E-state index in [0.717, 1.165) is 50.0 Å². The summed E-state index contributed by atoms with van der Waals surface area (Å²) in [6, 6.07) is 16.5. The highest BCUT2D eigenvalue weighted by atomic mass is 16.3. The fourth-order valence-corrected chi connectivity index (χ4v) is 3.90. The van der Waals surface area contributed by atoms with Gasteiger partial charge in [0.2, 0.25) is 5.95 Å². The van der Waals surface area contributed by atoms with E-state index in [2.05, 4.69) is 68.9 Å². The third-order valence-corrected chi connectivity index (χ3v) is 5.95. The van der Waals surface area contributed by atoms with Gasteiger partial charge >= 0.3 is 0 Å². The number of nitrogens with zero attached hydrogens (tertiary/aromatic N) is 4. The average molecular weight is 475 g/mol. The van der Waals surface area contributed by atoms with Crippen molar-refractivity contribution < 1.29 is 5.11 Å². The van der Waals surface area contributed by atoms with Crippen molar-refractivity contribution in [1.29, 1.82) is 0 Å². The number of hydrogen-bond donors (Lipinski definition) is 5. The summed E-state index contributed by atoms with van der Waals surface area (Å²) in [4.78, 5) is 13.0. The van der Waals surface area contributed by atoms with E-state index >= 15 is 0 Å². The molecule has 7 N–H and O–H groups in total. The van der Waals surface area contributed by atoms with Crippen molar-refractivity contribution in [1.82, 2.24) is 24.8 Å². The van der Waals surface area contributed by atoms with Crippen LogP contribution in [0.3, 0.4) is 0 Å². The Morgan fingerprint density at radius 2 is 1.49 bits per heavy atom. The van der Waals surface area contributed by atoms with Gasteiger partial charge in [-0.3, -0.25) is 4.57 Å². The lowest BCUT2D eigenvalue weighted by Gasteiger charge is -2.09. The second-order valence-corrected chi connectivity index (χ2v) is 8.68. The summed E-state index contributed by atoms with van der Waals surface area (Å²) < 4.78 is 1.66. The number of anilines is 2. The molecular weight excluding hydrogens is 440 g/mol. The van der Waals surface area contributed by atoms with Crippen LogP contribution in [-0.2, 0) is 26.2 Å². The minimum atomic E-state index is -0.129. The first kappa shape index (κ1) is 24.4. The van der Waals surface area contributed by atoms with Gasteiger partial charge < -0.3 is 27.2 Å². The van der Waals surface area contributed by atoms with Crippen molar-refractivity contribution in [2.45, 2.75) is 52.4 Å². The molecular formula is C26H34N8O. The highest BCUT2D eigenvalue weighted by Crippen LogP contribution is 2.25. The molecule has 0 aliphatic rings. The first-order valence-electron chi connectivity index (χ1n) is 12.1. The van der Waals surface area contributed by atoms with Crippen LogP contribution in [0.25, 0.3) is 11.2 Å². The molecule has 9 heteroatoms. The molecule has 0 amide bonds. The zero-order valence-corrected chi connectivity index (χ0v) is 20.2. The van der Waals surface area contributed by atoms with Crippen LogP contribution in [0.15, 0.2) is 48.5 Å². The molecule has 0 atom stereocenters. The topological polar surface area (TPSA) is 140 Å². The van der Waals surface area contributed by atoms with Crippen molar-refractivity contribution in [3.63, 3.8) is 0 Å². The van der Waals surface area contributed by atoms with Crippen LogP contribution >= 0.6 is 0 Å². The van der Waals surface area contributed by atoms with Gasteiger partial charge in [0.15, 0.2) is 17.0 Å². The van der Waals surface area contributed by atoms with Crippen LogP contribution in [0.2, 0.25) is 0 Å². The number of aromatic nitrogens is 4. The number of nitrogens with two attached hydrogens (primary N) is 2. The average Bonchev–Trinajstić information content (AvgIpc) is 3.19. The van der Waals surface area contributed by atoms with Gasteiger partial charge in [0.05, 0.1) is 6.54 Å². The van der Waals surface area contributed by atoms with Crippen molar-refractivity contribution in [2.75, 3.05) is 17.6 Å². The zero-order valence-electron chi connectivity index (χ0n) is 20.2. The lowest BCUT2D eigenvalue weighted by molar-refractivity contribution is 0.408. The summed E-state index contributed by atoms with van der Waals surface area (Å²) >= 11 is 0. The first-order chi connectivity index (χ1) is 17.1. The molecule has 0 fully saturated rings. The Balaban J connectivity index is 1.39. The molecule has 35 heavy (non-hydrogen) atoms. The van der Waals surface area contributed by atoms with Gasteiger partial charge in [-0.2, -0.15) is 15.0 Å². The molecule has 0 aliphatic heterocycles. The van der Waals surface area contributed by atoms with Gasteiger partial charge in [0, 0.05) is 26.2 Å². The van der Waals surface area contributed by atoms with Crippen LogP contribution in [0.4, 0.5) is 11.8 Å². The van der Waals surface area contributed by atoms with E-state index in [1.54, 1.807) is 4.57 Å². The molecule has 184 valence electrons. The van der Waals surface area contributed by atoms with Gasteiger partial charge in [-0.15, -0.1) is 0 Å². The van der Waals surface area contributed by atoms with Crippen molar-refractivity contribution >= 4 is 22.9 Å². The number of hydrogen-bond acceptors (Lipinski definition) is 8. The minimum Gasteiger partial charge on any atom is -0.480 e. The monoisotopic (exact) mass is 474 g/mol. The van der Waals surface area contributed by atoms with E-state index in [9.17, 15) is 5.11 Å². The molecule has 9 nitrogen and oxygen atoms in total. The third kappa shape index (κ3) is 6.26. The van der Waals surface area contributed by atoms with E-state index in [0.29, 0.717) is 30.2 Å². The summed E-state index contributed by atoms with van der Waals surface area (Å²) in [7, 11) is 0. The Morgan fingerprint density at radius 3 is 2.11 bits per heavy atom. The van der Waals surface area contributed by atoms with E-state index in [1.165, 1.54) is 11.1 Å². The van der Waals surface area contributed by atoms with Crippen LogP contribution < -0.4 is 22.1 Å². The molecule has 4 rings (SSSR count). The maximum atomic E-state index is 10.5. The number of fused-ring (bicyclic) bond motifs is 1. The predicted molar refractivity (Wildman–Crippen MR) is 140 cm³/mol. The third-order valence-electron chi connectivity index (χ3n) is 5.95. The maximum absolute atomic E-state index is 10.5. The van der Waals surface area contributed by atoms with Crippen LogP contribution in [0, 0.1) is 0 Å². The van der Waals surface area contributed by atoms with Crippen LogP contribution in [0.5, 0.6) is 6.01 Å². The Hall–Kier alpha value is -3.69. The van der Waals surface area contributed by atoms with Crippen LogP contribution in [-0.4, -0.2) is 31.2 Å². The lowest BCUT2D eigenvalue weighted by Crippen LogP contribution is -2.13. The number of rotatable bonds is 12. The minimum absolute atomic E-state index is 0.129. The van der Waals surface area contributed by atoms with Crippen LogP contribution in [0.1, 0.15) is 48.4 Å².